The fourth-order valence-corrected chi connectivity index (χ4v) is 3.85. The Bertz CT molecular complexity index is 918. The zero-order valence-corrected chi connectivity index (χ0v) is 16.5. The van der Waals surface area contributed by atoms with Crippen molar-refractivity contribution in [1.29, 1.82) is 0 Å². The minimum absolute atomic E-state index is 0.0194. The molecular weight excluding hydrogens is 392 g/mol. The molecule has 4 nitrogen and oxygen atoms in total. The highest BCUT2D eigenvalue weighted by molar-refractivity contribution is 8.00. The number of benzene rings is 3. The molecule has 3 rings (SSSR count). The molecule has 0 heterocycles. The number of hydrazine groups is 1. The van der Waals surface area contributed by atoms with E-state index in [1.807, 2.05) is 60.7 Å². The molecule has 0 saturated heterocycles. The standard InChI is InChI=1S/C22H19ClN2O2S/c23-19-13-11-17(12-14-19)21(16-7-3-1-4-8-16)28-15-20(26)24-25-22(27)18-9-5-2-6-10-18/h1-14,21H,15H2,(H,24,26)(H,25,27)/t21-/m0/s1. The number of nitrogens with one attached hydrogen (secondary N) is 2. The lowest BCUT2D eigenvalue weighted by atomic mass is 10.0. The normalized spacial score (nSPS) is 11.5. The first-order valence-corrected chi connectivity index (χ1v) is 10.1. The fraction of sp³-hybridized carbons (Fsp3) is 0.0909. The summed E-state index contributed by atoms with van der Waals surface area (Å²) < 4.78 is 0. The Morgan fingerprint density at radius 1 is 0.786 bits per heavy atom. The van der Waals surface area contributed by atoms with Crippen LogP contribution in [0.2, 0.25) is 5.02 Å². The molecule has 3 aromatic carbocycles. The second-order valence-electron chi connectivity index (χ2n) is 6.02. The van der Waals surface area contributed by atoms with Gasteiger partial charge in [0.2, 0.25) is 5.91 Å². The van der Waals surface area contributed by atoms with Crippen molar-refractivity contribution in [3.63, 3.8) is 0 Å². The Balaban J connectivity index is 1.61. The Morgan fingerprint density at radius 2 is 1.36 bits per heavy atom. The summed E-state index contributed by atoms with van der Waals surface area (Å²) in [6, 6.07) is 26.3. The van der Waals surface area contributed by atoms with Gasteiger partial charge in [-0.3, -0.25) is 20.4 Å². The molecule has 0 bridgehead atoms. The lowest BCUT2D eigenvalue weighted by Gasteiger charge is -2.18. The first-order chi connectivity index (χ1) is 13.6. The number of hydrogen-bond donors (Lipinski definition) is 2. The molecule has 6 heteroatoms. The van der Waals surface area contributed by atoms with Gasteiger partial charge in [-0.15, -0.1) is 11.8 Å². The van der Waals surface area contributed by atoms with Crippen LogP contribution in [0.1, 0.15) is 26.7 Å². The molecule has 0 aliphatic rings. The molecule has 0 spiro atoms. The molecule has 0 fully saturated rings. The highest BCUT2D eigenvalue weighted by atomic mass is 35.5. The Hall–Kier alpha value is -2.76. The van der Waals surface area contributed by atoms with Gasteiger partial charge in [0.1, 0.15) is 0 Å². The van der Waals surface area contributed by atoms with Crippen LogP contribution in [0.5, 0.6) is 0 Å². The Labute approximate surface area is 173 Å². The maximum atomic E-state index is 12.2. The fourth-order valence-electron chi connectivity index (χ4n) is 2.63. The lowest BCUT2D eigenvalue weighted by molar-refractivity contribution is -0.119. The Morgan fingerprint density at radius 3 is 2.00 bits per heavy atom. The number of amides is 2. The van der Waals surface area contributed by atoms with Crippen LogP contribution in [-0.4, -0.2) is 17.6 Å². The first-order valence-electron chi connectivity index (χ1n) is 8.70. The third-order valence-electron chi connectivity index (χ3n) is 4.01. The zero-order valence-electron chi connectivity index (χ0n) is 15.0. The van der Waals surface area contributed by atoms with E-state index in [1.54, 1.807) is 24.3 Å². The first kappa shape index (κ1) is 20.0. The van der Waals surface area contributed by atoms with E-state index < -0.39 is 0 Å². The predicted molar refractivity (Wildman–Crippen MR) is 114 cm³/mol. The molecule has 0 radical (unpaired) electrons. The summed E-state index contributed by atoms with van der Waals surface area (Å²) in [4.78, 5) is 24.2. The van der Waals surface area contributed by atoms with Crippen LogP contribution in [0.25, 0.3) is 0 Å². The van der Waals surface area contributed by atoms with E-state index in [9.17, 15) is 9.59 Å². The van der Waals surface area contributed by atoms with Gasteiger partial charge in [0.25, 0.3) is 5.91 Å². The molecule has 3 aromatic rings. The van der Waals surface area contributed by atoms with Gasteiger partial charge in [-0.05, 0) is 35.4 Å². The topological polar surface area (TPSA) is 58.2 Å². The minimum atomic E-state index is -0.351. The smallest absolute Gasteiger partial charge is 0.269 e. The van der Waals surface area contributed by atoms with Crippen LogP contribution in [0, 0.1) is 0 Å². The largest absolute Gasteiger partial charge is 0.272 e. The molecule has 142 valence electrons. The van der Waals surface area contributed by atoms with Crippen LogP contribution in [-0.2, 0) is 4.79 Å². The molecule has 2 amide bonds. The van der Waals surface area contributed by atoms with Crippen molar-refractivity contribution in [3.8, 4) is 0 Å². The number of carbonyl (C=O) groups is 2. The van der Waals surface area contributed by atoms with Gasteiger partial charge < -0.3 is 0 Å². The van der Waals surface area contributed by atoms with Crippen molar-refractivity contribution >= 4 is 35.2 Å². The predicted octanol–water partition coefficient (Wildman–Crippen LogP) is 4.62. The van der Waals surface area contributed by atoms with Gasteiger partial charge in [-0.1, -0.05) is 72.3 Å². The van der Waals surface area contributed by atoms with E-state index in [2.05, 4.69) is 10.9 Å². The zero-order chi connectivity index (χ0) is 19.8. The summed E-state index contributed by atoms with van der Waals surface area (Å²) in [5, 5.41) is 0.649. The second kappa shape index (κ2) is 9.97. The van der Waals surface area contributed by atoms with Crippen molar-refractivity contribution in [2.24, 2.45) is 0 Å². The summed E-state index contributed by atoms with van der Waals surface area (Å²) in [5.41, 5.74) is 7.54. The maximum Gasteiger partial charge on any atom is 0.269 e. The molecular formula is C22H19ClN2O2S. The number of carbonyl (C=O) groups excluding carboxylic acids is 2. The van der Waals surface area contributed by atoms with Gasteiger partial charge in [-0.2, -0.15) is 0 Å². The van der Waals surface area contributed by atoms with Gasteiger partial charge in [0.05, 0.1) is 11.0 Å². The monoisotopic (exact) mass is 410 g/mol. The molecule has 2 N–H and O–H groups in total. The van der Waals surface area contributed by atoms with Crippen molar-refractivity contribution in [2.45, 2.75) is 5.25 Å². The SMILES string of the molecule is O=C(CS[C@@H](c1ccccc1)c1ccc(Cl)cc1)NNC(=O)c1ccccc1. The van der Waals surface area contributed by atoms with E-state index in [0.717, 1.165) is 11.1 Å². The summed E-state index contributed by atoms with van der Waals surface area (Å²) in [5.74, 6) is -0.433. The molecule has 1 atom stereocenters. The van der Waals surface area contributed by atoms with E-state index >= 15 is 0 Å². The van der Waals surface area contributed by atoms with Crippen molar-refractivity contribution in [3.05, 3.63) is 107 Å². The van der Waals surface area contributed by atoms with E-state index in [0.29, 0.717) is 10.6 Å². The highest BCUT2D eigenvalue weighted by Crippen LogP contribution is 2.35. The van der Waals surface area contributed by atoms with Crippen molar-refractivity contribution in [2.75, 3.05) is 5.75 Å². The third kappa shape index (κ3) is 5.62. The van der Waals surface area contributed by atoms with Crippen molar-refractivity contribution < 1.29 is 9.59 Å². The van der Waals surface area contributed by atoms with E-state index in [1.165, 1.54) is 11.8 Å². The van der Waals surface area contributed by atoms with Gasteiger partial charge >= 0.3 is 0 Å². The van der Waals surface area contributed by atoms with Crippen molar-refractivity contribution in [1.82, 2.24) is 10.9 Å². The number of halogens is 1. The number of thioether (sulfide) groups is 1. The molecule has 0 aliphatic carbocycles. The molecule has 0 aliphatic heterocycles. The van der Waals surface area contributed by atoms with Crippen LogP contribution < -0.4 is 10.9 Å². The second-order valence-corrected chi connectivity index (χ2v) is 7.55. The molecule has 0 aromatic heterocycles. The van der Waals surface area contributed by atoms with Gasteiger partial charge in [-0.25, -0.2) is 0 Å². The van der Waals surface area contributed by atoms with Gasteiger partial charge in [0, 0.05) is 10.6 Å². The molecule has 28 heavy (non-hydrogen) atoms. The van der Waals surface area contributed by atoms with E-state index in [4.69, 9.17) is 11.6 Å². The summed E-state index contributed by atoms with van der Waals surface area (Å²) in [7, 11) is 0. The Kier molecular flexibility index (Phi) is 7.12. The minimum Gasteiger partial charge on any atom is -0.272 e. The van der Waals surface area contributed by atoms with E-state index in [-0.39, 0.29) is 22.8 Å². The number of hydrogen-bond acceptors (Lipinski definition) is 3. The highest BCUT2D eigenvalue weighted by Gasteiger charge is 2.17. The summed E-state index contributed by atoms with van der Waals surface area (Å²) in [6.07, 6.45) is 0. The maximum absolute atomic E-state index is 12.2. The average Bonchev–Trinajstić information content (AvgIpc) is 2.75. The number of rotatable bonds is 6. The third-order valence-corrected chi connectivity index (χ3v) is 5.57. The molecule has 0 saturated carbocycles. The van der Waals surface area contributed by atoms with Crippen LogP contribution in [0.15, 0.2) is 84.9 Å². The van der Waals surface area contributed by atoms with Gasteiger partial charge in [0.15, 0.2) is 0 Å². The van der Waals surface area contributed by atoms with Crippen LogP contribution in [0.4, 0.5) is 0 Å². The molecule has 0 unspecified atom stereocenters. The lowest BCUT2D eigenvalue weighted by Crippen LogP contribution is -2.42. The van der Waals surface area contributed by atoms with Crippen LogP contribution >= 0.6 is 23.4 Å². The van der Waals surface area contributed by atoms with Crippen LogP contribution in [0.3, 0.4) is 0 Å². The average molecular weight is 411 g/mol. The quantitative estimate of drug-likeness (QED) is 0.583. The summed E-state index contributed by atoms with van der Waals surface area (Å²) in [6.45, 7) is 0. The summed E-state index contributed by atoms with van der Waals surface area (Å²) >= 11 is 7.48.